The number of hydrogen-bond acceptors (Lipinski definition) is 4. The number of carbonyl (C=O) groups excluding carboxylic acids is 2. The van der Waals surface area contributed by atoms with Crippen molar-refractivity contribution >= 4 is 11.8 Å². The number of carbonyl (C=O) groups is 2. The van der Waals surface area contributed by atoms with E-state index in [1.165, 1.54) is 11.1 Å². The highest BCUT2D eigenvalue weighted by atomic mass is 16.5. The van der Waals surface area contributed by atoms with E-state index in [-0.39, 0.29) is 0 Å². The van der Waals surface area contributed by atoms with E-state index in [2.05, 4.69) is 36.2 Å². The van der Waals surface area contributed by atoms with Crippen LogP contribution >= 0.6 is 0 Å². The largest absolute Gasteiger partial charge is 0.496 e. The topological polar surface area (TPSA) is 84.7 Å². The van der Waals surface area contributed by atoms with Gasteiger partial charge in [0.25, 0.3) is 0 Å². The lowest BCUT2D eigenvalue weighted by atomic mass is 9.96. The van der Waals surface area contributed by atoms with Crippen molar-refractivity contribution in [3.05, 3.63) is 28.8 Å². The summed E-state index contributed by atoms with van der Waals surface area (Å²) < 4.78 is 5.37. The van der Waals surface area contributed by atoms with E-state index in [0.29, 0.717) is 12.5 Å². The number of primary amides is 1. The normalized spacial score (nSPS) is 18.2. The fourth-order valence-corrected chi connectivity index (χ4v) is 3.27. The molecule has 24 heavy (non-hydrogen) atoms. The molecule has 1 atom stereocenters. The molecule has 0 spiro atoms. The number of hydrogen-bond donors (Lipinski definition) is 2. The van der Waals surface area contributed by atoms with Gasteiger partial charge >= 0.3 is 11.8 Å². The van der Waals surface area contributed by atoms with Gasteiger partial charge in [-0.25, -0.2) is 0 Å². The third kappa shape index (κ3) is 4.71. The number of nitrogens with zero attached hydrogens (tertiary/aromatic N) is 1. The SMILES string of the molecule is COc1cc(C)c(CN2CCC[C@@H](CNC(=O)C(N)=O)C2)cc1C. The highest BCUT2D eigenvalue weighted by Gasteiger charge is 2.22. The number of amides is 2. The molecule has 1 saturated heterocycles. The summed E-state index contributed by atoms with van der Waals surface area (Å²) >= 11 is 0. The van der Waals surface area contributed by atoms with Crippen LogP contribution in [0, 0.1) is 19.8 Å². The molecule has 6 heteroatoms. The molecule has 6 nitrogen and oxygen atoms in total. The molecule has 0 radical (unpaired) electrons. The van der Waals surface area contributed by atoms with Crippen LogP contribution in [0.4, 0.5) is 0 Å². The smallest absolute Gasteiger partial charge is 0.309 e. The fraction of sp³-hybridized carbons (Fsp3) is 0.556. The molecule has 0 bridgehead atoms. The number of nitrogens with two attached hydrogens (primary N) is 1. The summed E-state index contributed by atoms with van der Waals surface area (Å²) in [5.41, 5.74) is 8.63. The fourth-order valence-electron chi connectivity index (χ4n) is 3.27. The number of methoxy groups -OCH3 is 1. The average Bonchev–Trinajstić information content (AvgIpc) is 2.56. The van der Waals surface area contributed by atoms with Crippen LogP contribution in [-0.2, 0) is 16.1 Å². The van der Waals surface area contributed by atoms with Crippen molar-refractivity contribution in [2.75, 3.05) is 26.7 Å². The summed E-state index contributed by atoms with van der Waals surface area (Å²) in [4.78, 5) is 24.5. The molecule has 1 heterocycles. The second kappa shape index (κ2) is 8.15. The second-order valence-corrected chi connectivity index (χ2v) is 6.57. The van der Waals surface area contributed by atoms with Crippen LogP contribution < -0.4 is 15.8 Å². The number of likely N-dealkylation sites (tertiary alicyclic amines) is 1. The maximum atomic E-state index is 11.3. The van der Waals surface area contributed by atoms with Gasteiger partial charge in [0, 0.05) is 19.6 Å². The van der Waals surface area contributed by atoms with Gasteiger partial charge in [-0.2, -0.15) is 0 Å². The quantitative estimate of drug-likeness (QED) is 0.791. The van der Waals surface area contributed by atoms with Crippen LogP contribution in [0.5, 0.6) is 5.75 Å². The monoisotopic (exact) mass is 333 g/mol. The molecule has 0 aliphatic carbocycles. The molecule has 0 saturated carbocycles. The Morgan fingerprint density at radius 2 is 2.08 bits per heavy atom. The zero-order valence-corrected chi connectivity index (χ0v) is 14.7. The molecule has 1 fully saturated rings. The third-order valence-electron chi connectivity index (χ3n) is 4.63. The molecule has 2 rings (SSSR count). The lowest BCUT2D eigenvalue weighted by molar-refractivity contribution is -0.137. The molecular weight excluding hydrogens is 306 g/mol. The van der Waals surface area contributed by atoms with E-state index in [1.54, 1.807) is 7.11 Å². The van der Waals surface area contributed by atoms with E-state index < -0.39 is 11.8 Å². The Kier molecular flexibility index (Phi) is 6.20. The van der Waals surface area contributed by atoms with Crippen molar-refractivity contribution < 1.29 is 14.3 Å². The van der Waals surface area contributed by atoms with E-state index >= 15 is 0 Å². The average molecular weight is 333 g/mol. The zero-order valence-electron chi connectivity index (χ0n) is 14.7. The van der Waals surface area contributed by atoms with E-state index in [4.69, 9.17) is 10.5 Å². The minimum Gasteiger partial charge on any atom is -0.496 e. The number of nitrogens with one attached hydrogen (secondary N) is 1. The number of piperidine rings is 1. The molecule has 0 unspecified atom stereocenters. The van der Waals surface area contributed by atoms with Crippen molar-refractivity contribution in [3.63, 3.8) is 0 Å². The minimum atomic E-state index is -0.924. The molecule has 1 aromatic carbocycles. The highest BCUT2D eigenvalue weighted by molar-refractivity contribution is 6.34. The summed E-state index contributed by atoms with van der Waals surface area (Å²) in [5, 5.41) is 2.62. The van der Waals surface area contributed by atoms with Gasteiger partial charge in [0.1, 0.15) is 5.75 Å². The third-order valence-corrected chi connectivity index (χ3v) is 4.63. The van der Waals surface area contributed by atoms with Gasteiger partial charge < -0.3 is 15.8 Å². The zero-order chi connectivity index (χ0) is 17.7. The molecular formula is C18H27N3O3. The first-order valence-corrected chi connectivity index (χ1v) is 8.34. The second-order valence-electron chi connectivity index (χ2n) is 6.57. The van der Waals surface area contributed by atoms with Crippen LogP contribution in [0.1, 0.15) is 29.5 Å². The number of aryl methyl sites for hydroxylation is 2. The van der Waals surface area contributed by atoms with Gasteiger partial charge in [-0.15, -0.1) is 0 Å². The van der Waals surface area contributed by atoms with Crippen LogP contribution in [-0.4, -0.2) is 43.5 Å². The Morgan fingerprint density at radius 1 is 1.33 bits per heavy atom. The predicted octanol–water partition coefficient (Wildman–Crippen LogP) is 1.13. The van der Waals surface area contributed by atoms with Crippen LogP contribution in [0.25, 0.3) is 0 Å². The Morgan fingerprint density at radius 3 is 2.75 bits per heavy atom. The predicted molar refractivity (Wildman–Crippen MR) is 92.7 cm³/mol. The van der Waals surface area contributed by atoms with Gasteiger partial charge in [-0.1, -0.05) is 6.07 Å². The maximum absolute atomic E-state index is 11.3. The van der Waals surface area contributed by atoms with Crippen molar-refractivity contribution in [1.29, 1.82) is 0 Å². The Balaban J connectivity index is 1.94. The summed E-state index contributed by atoms with van der Waals surface area (Å²) in [6, 6.07) is 4.27. The minimum absolute atomic E-state index is 0.349. The van der Waals surface area contributed by atoms with Gasteiger partial charge in [-0.3, -0.25) is 14.5 Å². The molecule has 1 aliphatic rings. The van der Waals surface area contributed by atoms with Crippen molar-refractivity contribution in [2.24, 2.45) is 11.7 Å². The summed E-state index contributed by atoms with van der Waals surface area (Å²) in [6.07, 6.45) is 2.14. The Hall–Kier alpha value is -2.08. The lowest BCUT2D eigenvalue weighted by Gasteiger charge is -2.33. The number of benzene rings is 1. The van der Waals surface area contributed by atoms with Crippen molar-refractivity contribution in [1.82, 2.24) is 10.2 Å². The van der Waals surface area contributed by atoms with Gasteiger partial charge in [-0.05, 0) is 61.9 Å². The summed E-state index contributed by atoms with van der Waals surface area (Å²) in [7, 11) is 1.69. The molecule has 0 aromatic heterocycles. The van der Waals surface area contributed by atoms with Crippen LogP contribution in [0.15, 0.2) is 12.1 Å². The Bertz CT molecular complexity index is 616. The van der Waals surface area contributed by atoms with Crippen LogP contribution in [0.2, 0.25) is 0 Å². The first kappa shape index (κ1) is 18.3. The first-order chi connectivity index (χ1) is 11.4. The molecule has 2 amide bonds. The van der Waals surface area contributed by atoms with Crippen molar-refractivity contribution in [2.45, 2.75) is 33.2 Å². The first-order valence-electron chi connectivity index (χ1n) is 8.34. The standard InChI is InChI=1S/C18H27N3O3/c1-12-8-16(24-3)13(2)7-15(12)11-21-6-4-5-14(10-21)9-20-18(23)17(19)22/h7-8,14H,4-6,9-11H2,1-3H3,(H2,19,22)(H,20,23)/t14-/m0/s1. The van der Waals surface area contributed by atoms with E-state index in [9.17, 15) is 9.59 Å². The summed E-state index contributed by atoms with van der Waals surface area (Å²) in [5.74, 6) is -0.357. The molecule has 1 aromatic rings. The van der Waals surface area contributed by atoms with Crippen LogP contribution in [0.3, 0.4) is 0 Å². The van der Waals surface area contributed by atoms with Crippen molar-refractivity contribution in [3.8, 4) is 5.75 Å². The van der Waals surface area contributed by atoms with Gasteiger partial charge in [0.05, 0.1) is 7.11 Å². The molecule has 132 valence electrons. The number of rotatable bonds is 5. The number of ether oxygens (including phenoxy) is 1. The summed E-state index contributed by atoms with van der Waals surface area (Å²) in [6.45, 7) is 7.50. The van der Waals surface area contributed by atoms with E-state index in [1.807, 2.05) is 0 Å². The maximum Gasteiger partial charge on any atom is 0.309 e. The van der Waals surface area contributed by atoms with Gasteiger partial charge in [0.2, 0.25) is 0 Å². The Labute approximate surface area is 143 Å². The highest BCUT2D eigenvalue weighted by Crippen LogP contribution is 2.25. The van der Waals surface area contributed by atoms with Gasteiger partial charge in [0.15, 0.2) is 0 Å². The molecule has 3 N–H and O–H groups in total. The lowest BCUT2D eigenvalue weighted by Crippen LogP contribution is -2.43. The molecule has 1 aliphatic heterocycles. The van der Waals surface area contributed by atoms with E-state index in [0.717, 1.165) is 43.8 Å².